The number of carbonyl (C=O) groups is 1. The van der Waals surface area contributed by atoms with Crippen molar-refractivity contribution in [2.45, 2.75) is 33.1 Å². The van der Waals surface area contributed by atoms with Crippen molar-refractivity contribution in [3.8, 4) is 5.69 Å². The van der Waals surface area contributed by atoms with Gasteiger partial charge in [0.1, 0.15) is 5.82 Å². The fourth-order valence-corrected chi connectivity index (χ4v) is 3.27. The number of carbonyl (C=O) groups excluding carboxylic acids is 1. The number of hydrogen-bond donors (Lipinski definition) is 0. The molecule has 1 amide bonds. The Morgan fingerprint density at radius 1 is 1.19 bits per heavy atom. The van der Waals surface area contributed by atoms with Gasteiger partial charge in [-0.15, -0.1) is 0 Å². The van der Waals surface area contributed by atoms with Gasteiger partial charge in [-0.3, -0.25) is 4.79 Å². The molecular formula is C21H27N5O. The van der Waals surface area contributed by atoms with E-state index in [1.807, 2.05) is 78.6 Å². The summed E-state index contributed by atoms with van der Waals surface area (Å²) in [7, 11) is 3.86. The lowest BCUT2D eigenvalue weighted by molar-refractivity contribution is -0.129. The molecule has 0 saturated heterocycles. The van der Waals surface area contributed by atoms with Crippen LogP contribution in [-0.2, 0) is 24.7 Å². The third-order valence-corrected chi connectivity index (χ3v) is 5.01. The van der Waals surface area contributed by atoms with Gasteiger partial charge in [0.25, 0.3) is 0 Å². The average Bonchev–Trinajstić information content (AvgIpc) is 3.20. The van der Waals surface area contributed by atoms with Crippen molar-refractivity contribution < 1.29 is 4.79 Å². The number of benzene rings is 1. The maximum atomic E-state index is 12.7. The van der Waals surface area contributed by atoms with Crippen LogP contribution in [0.5, 0.6) is 0 Å². The highest BCUT2D eigenvalue weighted by Crippen LogP contribution is 2.19. The van der Waals surface area contributed by atoms with Gasteiger partial charge in [-0.2, -0.15) is 5.10 Å². The van der Waals surface area contributed by atoms with E-state index in [-0.39, 0.29) is 5.91 Å². The Morgan fingerprint density at radius 2 is 1.93 bits per heavy atom. The topological polar surface area (TPSA) is 56.0 Å². The molecule has 0 atom stereocenters. The number of amides is 1. The van der Waals surface area contributed by atoms with Crippen LogP contribution in [0.15, 0.2) is 42.7 Å². The molecule has 0 N–H and O–H groups in total. The third kappa shape index (κ3) is 4.27. The molecule has 0 aliphatic rings. The van der Waals surface area contributed by atoms with Crippen LogP contribution >= 0.6 is 0 Å². The molecular weight excluding hydrogens is 338 g/mol. The summed E-state index contributed by atoms with van der Waals surface area (Å²) in [5.74, 6) is 1.17. The van der Waals surface area contributed by atoms with Gasteiger partial charge < -0.3 is 9.47 Å². The van der Waals surface area contributed by atoms with Gasteiger partial charge in [-0.25, -0.2) is 9.67 Å². The highest BCUT2D eigenvalue weighted by Gasteiger charge is 2.18. The fraction of sp³-hybridized carbons (Fsp3) is 0.381. The minimum absolute atomic E-state index is 0.119. The van der Waals surface area contributed by atoms with E-state index in [1.54, 1.807) is 6.20 Å². The smallest absolute Gasteiger partial charge is 0.226 e. The van der Waals surface area contributed by atoms with Gasteiger partial charge in [0, 0.05) is 50.7 Å². The lowest BCUT2D eigenvalue weighted by Gasteiger charge is -2.17. The molecule has 2 aromatic heterocycles. The molecule has 1 aromatic carbocycles. The second kappa shape index (κ2) is 8.20. The van der Waals surface area contributed by atoms with Crippen molar-refractivity contribution in [1.29, 1.82) is 0 Å². The first kappa shape index (κ1) is 18.9. The van der Waals surface area contributed by atoms with Crippen LogP contribution in [0.2, 0.25) is 0 Å². The fourth-order valence-electron chi connectivity index (χ4n) is 3.27. The molecule has 0 radical (unpaired) electrons. The second-order valence-corrected chi connectivity index (χ2v) is 6.95. The molecule has 2 heterocycles. The second-order valence-electron chi connectivity index (χ2n) is 6.95. The van der Waals surface area contributed by atoms with E-state index >= 15 is 0 Å². The molecule has 0 fully saturated rings. The Hall–Kier alpha value is -2.89. The Bertz CT molecular complexity index is 910. The molecule has 0 aliphatic heterocycles. The van der Waals surface area contributed by atoms with Crippen molar-refractivity contribution in [1.82, 2.24) is 24.2 Å². The zero-order valence-corrected chi connectivity index (χ0v) is 16.5. The summed E-state index contributed by atoms with van der Waals surface area (Å²) in [5, 5.41) is 4.63. The maximum absolute atomic E-state index is 12.7. The van der Waals surface area contributed by atoms with E-state index in [2.05, 4.69) is 10.1 Å². The first-order valence-corrected chi connectivity index (χ1v) is 9.28. The number of aromatic nitrogens is 4. The summed E-state index contributed by atoms with van der Waals surface area (Å²) in [6, 6.07) is 10.0. The van der Waals surface area contributed by atoms with Crippen LogP contribution in [0.1, 0.15) is 29.2 Å². The quantitative estimate of drug-likeness (QED) is 0.647. The number of imidazole rings is 1. The van der Waals surface area contributed by atoms with Crippen molar-refractivity contribution in [3.63, 3.8) is 0 Å². The summed E-state index contributed by atoms with van der Waals surface area (Å²) < 4.78 is 3.94. The zero-order valence-electron chi connectivity index (χ0n) is 16.5. The average molecular weight is 365 g/mol. The predicted octanol–water partition coefficient (Wildman–Crippen LogP) is 2.86. The van der Waals surface area contributed by atoms with E-state index in [9.17, 15) is 4.79 Å². The number of hydrogen-bond acceptors (Lipinski definition) is 3. The summed E-state index contributed by atoms with van der Waals surface area (Å²) in [6.07, 6.45) is 5.89. The van der Waals surface area contributed by atoms with Crippen LogP contribution in [0.25, 0.3) is 5.69 Å². The SMILES string of the molecule is Cc1nn(-c2ccccc2)c(C)c1CC(=O)N(C)CCCc1nccn1C. The van der Waals surface area contributed by atoms with Gasteiger partial charge in [-0.05, 0) is 32.4 Å². The van der Waals surface area contributed by atoms with Crippen LogP contribution in [-0.4, -0.2) is 43.7 Å². The first-order chi connectivity index (χ1) is 13.0. The number of likely N-dealkylation sites (N-methyl/N-ethyl adjacent to an activating group) is 1. The molecule has 0 bridgehead atoms. The van der Waals surface area contributed by atoms with E-state index in [0.29, 0.717) is 6.42 Å². The molecule has 6 nitrogen and oxygen atoms in total. The minimum Gasteiger partial charge on any atom is -0.345 e. The largest absolute Gasteiger partial charge is 0.345 e. The molecule has 0 spiro atoms. The summed E-state index contributed by atoms with van der Waals surface area (Å²) in [4.78, 5) is 18.8. The van der Waals surface area contributed by atoms with E-state index < -0.39 is 0 Å². The molecule has 0 aliphatic carbocycles. The van der Waals surface area contributed by atoms with Gasteiger partial charge in [-0.1, -0.05) is 18.2 Å². The molecule has 3 aromatic rings. The van der Waals surface area contributed by atoms with Crippen LogP contribution < -0.4 is 0 Å². The lowest BCUT2D eigenvalue weighted by atomic mass is 10.1. The third-order valence-electron chi connectivity index (χ3n) is 5.01. The highest BCUT2D eigenvalue weighted by atomic mass is 16.2. The van der Waals surface area contributed by atoms with Crippen molar-refractivity contribution in [2.24, 2.45) is 7.05 Å². The van der Waals surface area contributed by atoms with Crippen molar-refractivity contribution in [3.05, 3.63) is 65.5 Å². The maximum Gasteiger partial charge on any atom is 0.226 e. The van der Waals surface area contributed by atoms with Gasteiger partial charge >= 0.3 is 0 Å². The number of para-hydroxylation sites is 1. The molecule has 142 valence electrons. The standard InChI is InChI=1S/C21H27N5O/c1-16-19(17(2)26(23-16)18-9-6-5-7-10-18)15-21(27)25(4)13-8-11-20-22-12-14-24(20)3/h5-7,9-10,12,14H,8,11,13,15H2,1-4H3. The van der Waals surface area contributed by atoms with E-state index in [4.69, 9.17) is 0 Å². The Balaban J connectivity index is 1.62. The van der Waals surface area contributed by atoms with Crippen molar-refractivity contribution in [2.75, 3.05) is 13.6 Å². The van der Waals surface area contributed by atoms with Gasteiger partial charge in [0.05, 0.1) is 17.8 Å². The van der Waals surface area contributed by atoms with Gasteiger partial charge in [0.15, 0.2) is 0 Å². The van der Waals surface area contributed by atoms with E-state index in [1.165, 1.54) is 0 Å². The Kier molecular flexibility index (Phi) is 5.74. The molecule has 27 heavy (non-hydrogen) atoms. The van der Waals surface area contributed by atoms with E-state index in [0.717, 1.165) is 47.8 Å². The number of nitrogens with zero attached hydrogens (tertiary/aromatic N) is 5. The molecule has 0 saturated carbocycles. The van der Waals surface area contributed by atoms with Crippen molar-refractivity contribution >= 4 is 5.91 Å². The number of rotatable bonds is 7. The minimum atomic E-state index is 0.119. The number of aryl methyl sites for hydroxylation is 3. The predicted molar refractivity (Wildman–Crippen MR) is 106 cm³/mol. The van der Waals surface area contributed by atoms with Crippen LogP contribution in [0, 0.1) is 13.8 Å². The van der Waals surface area contributed by atoms with Crippen LogP contribution in [0.3, 0.4) is 0 Å². The lowest BCUT2D eigenvalue weighted by Crippen LogP contribution is -2.29. The Labute approximate surface area is 160 Å². The highest BCUT2D eigenvalue weighted by molar-refractivity contribution is 5.79. The molecule has 3 rings (SSSR count). The Morgan fingerprint density at radius 3 is 2.59 bits per heavy atom. The molecule has 6 heteroatoms. The monoisotopic (exact) mass is 365 g/mol. The van der Waals surface area contributed by atoms with Gasteiger partial charge in [0.2, 0.25) is 5.91 Å². The molecule has 0 unspecified atom stereocenters. The first-order valence-electron chi connectivity index (χ1n) is 9.28. The summed E-state index contributed by atoms with van der Waals surface area (Å²) in [6.45, 7) is 4.71. The van der Waals surface area contributed by atoms with Crippen LogP contribution in [0.4, 0.5) is 0 Å². The summed E-state index contributed by atoms with van der Waals surface area (Å²) in [5.41, 5.74) is 3.96. The zero-order chi connectivity index (χ0) is 19.4. The summed E-state index contributed by atoms with van der Waals surface area (Å²) >= 11 is 0. The normalized spacial score (nSPS) is 11.0.